The zero-order chi connectivity index (χ0) is 13.3. The van der Waals surface area contributed by atoms with E-state index in [9.17, 15) is 9.90 Å². The van der Waals surface area contributed by atoms with Gasteiger partial charge in [-0.2, -0.15) is 5.10 Å². The second kappa shape index (κ2) is 5.10. The van der Waals surface area contributed by atoms with E-state index in [1.165, 1.54) is 0 Å². The molecule has 1 atom stereocenters. The molecule has 1 saturated carbocycles. The third-order valence-corrected chi connectivity index (χ3v) is 3.41. The molecule has 1 heterocycles. The van der Waals surface area contributed by atoms with Crippen LogP contribution >= 0.6 is 0 Å². The quantitative estimate of drug-likeness (QED) is 0.830. The number of carbonyl (C=O) groups is 1. The zero-order valence-electron chi connectivity index (χ0n) is 11.2. The fraction of sp³-hybridized carbons (Fsp3) is 0.692. The Kier molecular flexibility index (Phi) is 3.71. The van der Waals surface area contributed by atoms with Crippen molar-refractivity contribution in [2.24, 2.45) is 5.92 Å². The molecule has 1 aliphatic carbocycles. The SMILES string of the molecule is CC(C)c1cc(C(=O)N(C)CC(O)C2CC2)n[nH]1. The van der Waals surface area contributed by atoms with Crippen LogP contribution in [0.15, 0.2) is 6.07 Å². The molecule has 100 valence electrons. The molecule has 1 aromatic rings. The summed E-state index contributed by atoms with van der Waals surface area (Å²) in [6.45, 7) is 4.47. The summed E-state index contributed by atoms with van der Waals surface area (Å²) in [5, 5.41) is 16.7. The Labute approximate surface area is 107 Å². The average Bonchev–Trinajstić information content (AvgIpc) is 3.05. The van der Waals surface area contributed by atoms with E-state index < -0.39 is 6.10 Å². The van der Waals surface area contributed by atoms with Crippen LogP contribution in [-0.2, 0) is 0 Å². The first-order valence-electron chi connectivity index (χ1n) is 6.48. The Morgan fingerprint density at radius 3 is 2.78 bits per heavy atom. The van der Waals surface area contributed by atoms with Gasteiger partial charge in [0.2, 0.25) is 0 Å². The van der Waals surface area contributed by atoms with Crippen molar-refractivity contribution < 1.29 is 9.90 Å². The second-order valence-corrected chi connectivity index (χ2v) is 5.45. The van der Waals surface area contributed by atoms with Gasteiger partial charge in [0.05, 0.1) is 6.10 Å². The minimum absolute atomic E-state index is 0.141. The Hall–Kier alpha value is -1.36. The average molecular weight is 251 g/mol. The molecule has 1 aliphatic rings. The number of aliphatic hydroxyl groups is 1. The summed E-state index contributed by atoms with van der Waals surface area (Å²) in [6, 6.07) is 1.78. The predicted octanol–water partition coefficient (Wildman–Crippen LogP) is 1.38. The third-order valence-electron chi connectivity index (χ3n) is 3.41. The number of carbonyl (C=O) groups excluding carboxylic acids is 1. The van der Waals surface area contributed by atoms with Gasteiger partial charge in [-0.1, -0.05) is 13.8 Å². The van der Waals surface area contributed by atoms with Crippen molar-refractivity contribution in [3.63, 3.8) is 0 Å². The van der Waals surface area contributed by atoms with Crippen LogP contribution in [0.2, 0.25) is 0 Å². The summed E-state index contributed by atoms with van der Waals surface area (Å²) < 4.78 is 0. The lowest BCUT2D eigenvalue weighted by Crippen LogP contribution is -2.35. The van der Waals surface area contributed by atoms with Crippen molar-refractivity contribution >= 4 is 5.91 Å². The number of likely N-dealkylation sites (N-methyl/N-ethyl adjacent to an activating group) is 1. The van der Waals surface area contributed by atoms with Crippen LogP contribution < -0.4 is 0 Å². The van der Waals surface area contributed by atoms with Gasteiger partial charge >= 0.3 is 0 Å². The number of H-pyrrole nitrogens is 1. The van der Waals surface area contributed by atoms with Crippen molar-refractivity contribution in [3.8, 4) is 0 Å². The normalized spacial score (nSPS) is 16.9. The van der Waals surface area contributed by atoms with Gasteiger partial charge < -0.3 is 10.0 Å². The number of aromatic nitrogens is 2. The Bertz CT molecular complexity index is 424. The van der Waals surface area contributed by atoms with Gasteiger partial charge in [-0.25, -0.2) is 0 Å². The molecule has 18 heavy (non-hydrogen) atoms. The fourth-order valence-electron chi connectivity index (χ4n) is 1.93. The number of nitrogens with one attached hydrogen (secondary N) is 1. The van der Waals surface area contributed by atoms with E-state index in [0.717, 1.165) is 18.5 Å². The smallest absolute Gasteiger partial charge is 0.274 e. The maximum atomic E-state index is 12.1. The molecule has 5 heteroatoms. The van der Waals surface area contributed by atoms with Crippen LogP contribution in [-0.4, -0.2) is 45.8 Å². The molecule has 0 spiro atoms. The zero-order valence-corrected chi connectivity index (χ0v) is 11.2. The number of aromatic amines is 1. The number of aliphatic hydroxyl groups excluding tert-OH is 1. The summed E-state index contributed by atoms with van der Waals surface area (Å²) >= 11 is 0. The summed E-state index contributed by atoms with van der Waals surface area (Å²) in [5.74, 6) is 0.560. The van der Waals surface area contributed by atoms with Gasteiger partial charge in [0.1, 0.15) is 5.69 Å². The number of amides is 1. The highest BCUT2D eigenvalue weighted by Crippen LogP contribution is 2.32. The molecule has 0 bridgehead atoms. The van der Waals surface area contributed by atoms with E-state index in [-0.39, 0.29) is 5.91 Å². The van der Waals surface area contributed by atoms with Crippen LogP contribution in [0.4, 0.5) is 0 Å². The van der Waals surface area contributed by atoms with E-state index in [0.29, 0.717) is 24.1 Å². The minimum atomic E-state index is -0.400. The Balaban J connectivity index is 1.96. The highest BCUT2D eigenvalue weighted by Gasteiger charge is 2.31. The summed E-state index contributed by atoms with van der Waals surface area (Å²) in [5.41, 5.74) is 1.37. The van der Waals surface area contributed by atoms with Crippen molar-refractivity contribution in [1.82, 2.24) is 15.1 Å². The second-order valence-electron chi connectivity index (χ2n) is 5.45. The van der Waals surface area contributed by atoms with Gasteiger partial charge in [-0.15, -0.1) is 0 Å². The molecule has 5 nitrogen and oxygen atoms in total. The minimum Gasteiger partial charge on any atom is -0.391 e. The maximum Gasteiger partial charge on any atom is 0.274 e. The van der Waals surface area contributed by atoms with Gasteiger partial charge in [-0.05, 0) is 30.7 Å². The molecule has 0 saturated heterocycles. The first-order valence-corrected chi connectivity index (χ1v) is 6.48. The molecular formula is C13H21N3O2. The lowest BCUT2D eigenvalue weighted by molar-refractivity contribution is 0.0640. The van der Waals surface area contributed by atoms with Crippen molar-refractivity contribution in [3.05, 3.63) is 17.5 Å². The maximum absolute atomic E-state index is 12.1. The first kappa shape index (κ1) is 13.1. The summed E-state index contributed by atoms with van der Waals surface area (Å²) in [7, 11) is 1.71. The highest BCUT2D eigenvalue weighted by atomic mass is 16.3. The molecule has 0 aromatic carbocycles. The van der Waals surface area contributed by atoms with Gasteiger partial charge in [0, 0.05) is 19.3 Å². The van der Waals surface area contributed by atoms with Gasteiger partial charge in [-0.3, -0.25) is 9.89 Å². The Morgan fingerprint density at radius 1 is 1.61 bits per heavy atom. The van der Waals surface area contributed by atoms with Crippen LogP contribution in [0.25, 0.3) is 0 Å². The van der Waals surface area contributed by atoms with E-state index >= 15 is 0 Å². The molecule has 1 amide bonds. The van der Waals surface area contributed by atoms with E-state index in [1.54, 1.807) is 18.0 Å². The topological polar surface area (TPSA) is 69.2 Å². The fourth-order valence-corrected chi connectivity index (χ4v) is 1.93. The predicted molar refractivity (Wildman–Crippen MR) is 68.4 cm³/mol. The standard InChI is InChI=1S/C13H21N3O2/c1-8(2)10-6-11(15-14-10)13(18)16(3)7-12(17)9-4-5-9/h6,8-9,12,17H,4-5,7H2,1-3H3,(H,14,15). The molecule has 0 aliphatic heterocycles. The van der Waals surface area contributed by atoms with Crippen LogP contribution in [0, 0.1) is 5.92 Å². The molecule has 1 fully saturated rings. The molecule has 2 rings (SSSR count). The largest absolute Gasteiger partial charge is 0.391 e. The van der Waals surface area contributed by atoms with E-state index in [1.807, 2.05) is 13.8 Å². The Morgan fingerprint density at radius 2 is 2.28 bits per heavy atom. The molecule has 1 unspecified atom stereocenters. The summed E-state index contributed by atoms with van der Waals surface area (Å²) in [4.78, 5) is 13.6. The number of hydrogen-bond acceptors (Lipinski definition) is 3. The highest BCUT2D eigenvalue weighted by molar-refractivity contribution is 5.92. The number of hydrogen-bond donors (Lipinski definition) is 2. The van der Waals surface area contributed by atoms with E-state index in [4.69, 9.17) is 0 Å². The van der Waals surface area contributed by atoms with E-state index in [2.05, 4.69) is 10.2 Å². The number of rotatable bonds is 5. The van der Waals surface area contributed by atoms with Gasteiger partial charge in [0.15, 0.2) is 0 Å². The third kappa shape index (κ3) is 2.90. The lowest BCUT2D eigenvalue weighted by Gasteiger charge is -2.19. The van der Waals surface area contributed by atoms with Crippen LogP contribution in [0.5, 0.6) is 0 Å². The van der Waals surface area contributed by atoms with Gasteiger partial charge in [0.25, 0.3) is 5.91 Å². The molecule has 2 N–H and O–H groups in total. The van der Waals surface area contributed by atoms with Crippen molar-refractivity contribution in [2.45, 2.75) is 38.7 Å². The number of nitrogens with zero attached hydrogens (tertiary/aromatic N) is 2. The molecular weight excluding hydrogens is 230 g/mol. The monoisotopic (exact) mass is 251 g/mol. The first-order chi connectivity index (χ1) is 8.49. The van der Waals surface area contributed by atoms with Crippen LogP contribution in [0.3, 0.4) is 0 Å². The summed E-state index contributed by atoms with van der Waals surface area (Å²) in [6.07, 6.45) is 1.74. The van der Waals surface area contributed by atoms with Crippen LogP contribution in [0.1, 0.15) is 48.8 Å². The molecule has 1 aromatic heterocycles. The van der Waals surface area contributed by atoms with Crippen molar-refractivity contribution in [2.75, 3.05) is 13.6 Å². The lowest BCUT2D eigenvalue weighted by atomic mass is 10.1. The molecule has 0 radical (unpaired) electrons. The van der Waals surface area contributed by atoms with Crippen molar-refractivity contribution in [1.29, 1.82) is 0 Å².